The van der Waals surface area contributed by atoms with E-state index < -0.39 is 0 Å². The number of methoxy groups -OCH3 is 1. The molecule has 2 aromatic rings. The van der Waals surface area contributed by atoms with Crippen molar-refractivity contribution in [2.45, 2.75) is 38.8 Å². The van der Waals surface area contributed by atoms with E-state index in [1.54, 1.807) is 11.8 Å². The maximum atomic E-state index is 12.6. The summed E-state index contributed by atoms with van der Waals surface area (Å²) in [6, 6.07) is 7.65. The van der Waals surface area contributed by atoms with Gasteiger partial charge in [-0.2, -0.15) is 5.10 Å². The smallest absolute Gasteiger partial charge is 0.345 e. The average molecular weight is 399 g/mol. The molecular formula is C21H29N5O3. The Morgan fingerprint density at radius 1 is 1.03 bits per heavy atom. The van der Waals surface area contributed by atoms with Crippen molar-refractivity contribution in [1.29, 1.82) is 0 Å². The summed E-state index contributed by atoms with van der Waals surface area (Å²) in [4.78, 5) is 29.2. The van der Waals surface area contributed by atoms with Gasteiger partial charge in [0.15, 0.2) is 0 Å². The molecule has 156 valence electrons. The van der Waals surface area contributed by atoms with Crippen LogP contribution in [0, 0.1) is 0 Å². The van der Waals surface area contributed by atoms with Gasteiger partial charge < -0.3 is 9.64 Å². The SMILES string of the molecule is COc1ccc(CC(=O)N2CCN(CCn3nc4n(c3=O)CCCC4)CC2)cc1. The van der Waals surface area contributed by atoms with Crippen molar-refractivity contribution >= 4 is 5.91 Å². The van der Waals surface area contributed by atoms with Crippen LogP contribution in [0.15, 0.2) is 29.1 Å². The molecule has 0 N–H and O–H groups in total. The number of aryl methyl sites for hydroxylation is 1. The molecule has 2 aliphatic heterocycles. The molecule has 0 atom stereocenters. The van der Waals surface area contributed by atoms with Crippen molar-refractivity contribution in [3.63, 3.8) is 0 Å². The van der Waals surface area contributed by atoms with Gasteiger partial charge in [0.05, 0.1) is 20.1 Å². The number of ether oxygens (including phenoxy) is 1. The molecule has 1 fully saturated rings. The van der Waals surface area contributed by atoms with E-state index in [0.717, 1.165) is 75.7 Å². The number of hydrogen-bond donors (Lipinski definition) is 0. The Kier molecular flexibility index (Phi) is 5.99. The predicted octanol–water partition coefficient (Wildman–Crippen LogP) is 0.777. The van der Waals surface area contributed by atoms with Gasteiger partial charge in [0, 0.05) is 45.7 Å². The van der Waals surface area contributed by atoms with Gasteiger partial charge >= 0.3 is 5.69 Å². The zero-order valence-corrected chi connectivity index (χ0v) is 17.0. The Bertz CT molecular complexity index is 894. The normalized spacial score (nSPS) is 17.2. The van der Waals surface area contributed by atoms with E-state index in [0.29, 0.717) is 13.0 Å². The number of rotatable bonds is 6. The van der Waals surface area contributed by atoms with Crippen LogP contribution in [-0.4, -0.2) is 69.9 Å². The van der Waals surface area contributed by atoms with Crippen LogP contribution in [0.4, 0.5) is 0 Å². The van der Waals surface area contributed by atoms with Crippen molar-refractivity contribution < 1.29 is 9.53 Å². The number of piperazine rings is 1. The van der Waals surface area contributed by atoms with Crippen LogP contribution in [0.3, 0.4) is 0 Å². The fraction of sp³-hybridized carbons (Fsp3) is 0.571. The van der Waals surface area contributed by atoms with Crippen molar-refractivity contribution in [3.05, 3.63) is 46.1 Å². The van der Waals surface area contributed by atoms with Gasteiger partial charge in [-0.3, -0.25) is 14.3 Å². The molecule has 29 heavy (non-hydrogen) atoms. The molecule has 4 rings (SSSR count). The molecule has 0 saturated carbocycles. The fourth-order valence-corrected chi connectivity index (χ4v) is 4.08. The number of carbonyl (C=O) groups excluding carboxylic acids is 1. The lowest BCUT2D eigenvalue weighted by Gasteiger charge is -2.34. The Labute approximate surface area is 170 Å². The summed E-state index contributed by atoms with van der Waals surface area (Å²) in [6.07, 6.45) is 3.49. The average Bonchev–Trinajstić information content (AvgIpc) is 3.09. The van der Waals surface area contributed by atoms with E-state index in [1.807, 2.05) is 33.7 Å². The first-order valence-electron chi connectivity index (χ1n) is 10.4. The third-order valence-corrected chi connectivity index (χ3v) is 5.90. The third kappa shape index (κ3) is 4.53. The van der Waals surface area contributed by atoms with E-state index in [9.17, 15) is 9.59 Å². The van der Waals surface area contributed by atoms with Gasteiger partial charge in [0.2, 0.25) is 5.91 Å². The largest absolute Gasteiger partial charge is 0.497 e. The van der Waals surface area contributed by atoms with E-state index in [1.165, 1.54) is 0 Å². The summed E-state index contributed by atoms with van der Waals surface area (Å²) in [7, 11) is 1.64. The molecule has 0 bridgehead atoms. The van der Waals surface area contributed by atoms with Crippen LogP contribution >= 0.6 is 0 Å². The molecule has 0 spiro atoms. The van der Waals surface area contributed by atoms with Crippen molar-refractivity contribution in [1.82, 2.24) is 24.1 Å². The van der Waals surface area contributed by atoms with Gasteiger partial charge in [-0.15, -0.1) is 0 Å². The number of nitrogens with zero attached hydrogens (tertiary/aromatic N) is 5. The second kappa shape index (κ2) is 8.82. The Hall–Kier alpha value is -2.61. The van der Waals surface area contributed by atoms with Crippen molar-refractivity contribution in [2.75, 3.05) is 39.8 Å². The van der Waals surface area contributed by atoms with Crippen molar-refractivity contribution in [2.24, 2.45) is 0 Å². The summed E-state index contributed by atoms with van der Waals surface area (Å²) < 4.78 is 8.59. The lowest BCUT2D eigenvalue weighted by atomic mass is 10.1. The van der Waals surface area contributed by atoms with E-state index in [2.05, 4.69) is 10.00 Å². The fourth-order valence-electron chi connectivity index (χ4n) is 4.08. The summed E-state index contributed by atoms with van der Waals surface area (Å²) in [6.45, 7) is 5.30. The highest BCUT2D eigenvalue weighted by atomic mass is 16.5. The van der Waals surface area contributed by atoms with Crippen LogP contribution in [0.25, 0.3) is 0 Å². The number of hydrogen-bond acceptors (Lipinski definition) is 5. The zero-order valence-electron chi connectivity index (χ0n) is 17.0. The van der Waals surface area contributed by atoms with Gasteiger partial charge in [-0.1, -0.05) is 12.1 Å². The highest BCUT2D eigenvalue weighted by Gasteiger charge is 2.22. The predicted molar refractivity (Wildman–Crippen MR) is 109 cm³/mol. The van der Waals surface area contributed by atoms with Crippen LogP contribution in [0.5, 0.6) is 5.75 Å². The third-order valence-electron chi connectivity index (χ3n) is 5.90. The highest BCUT2D eigenvalue weighted by molar-refractivity contribution is 5.78. The number of amides is 1. The summed E-state index contributed by atoms with van der Waals surface area (Å²) in [5.74, 6) is 1.88. The van der Waals surface area contributed by atoms with Crippen LogP contribution in [-0.2, 0) is 30.7 Å². The Balaban J connectivity index is 1.24. The molecule has 2 aliphatic rings. The maximum absolute atomic E-state index is 12.6. The standard InChI is InChI=1S/C21H29N5O3/c1-29-18-7-5-17(6-8-18)16-20(27)24-13-10-23(11-14-24)12-15-26-21(28)25-9-3-2-4-19(25)22-26/h5-8H,2-4,9-16H2,1H3. The first-order chi connectivity index (χ1) is 14.1. The van der Waals surface area contributed by atoms with Gasteiger partial charge in [0.25, 0.3) is 0 Å². The quantitative estimate of drug-likeness (QED) is 0.718. The molecule has 0 radical (unpaired) electrons. The van der Waals surface area contributed by atoms with Gasteiger partial charge in [0.1, 0.15) is 11.6 Å². The zero-order chi connectivity index (χ0) is 20.2. The molecule has 0 aliphatic carbocycles. The second-order valence-corrected chi connectivity index (χ2v) is 7.78. The lowest BCUT2D eigenvalue weighted by molar-refractivity contribution is -0.132. The number of fused-ring (bicyclic) bond motifs is 1. The van der Waals surface area contributed by atoms with Crippen LogP contribution in [0.1, 0.15) is 24.2 Å². The molecule has 1 saturated heterocycles. The highest BCUT2D eigenvalue weighted by Crippen LogP contribution is 2.13. The first kappa shape index (κ1) is 19.7. The molecule has 8 nitrogen and oxygen atoms in total. The first-order valence-corrected chi connectivity index (χ1v) is 10.4. The molecule has 3 heterocycles. The van der Waals surface area contributed by atoms with E-state index in [4.69, 9.17) is 4.74 Å². The Morgan fingerprint density at radius 2 is 1.79 bits per heavy atom. The van der Waals surface area contributed by atoms with E-state index >= 15 is 0 Å². The molecular weight excluding hydrogens is 370 g/mol. The van der Waals surface area contributed by atoms with Crippen molar-refractivity contribution in [3.8, 4) is 5.75 Å². The minimum Gasteiger partial charge on any atom is -0.497 e. The molecule has 0 unspecified atom stereocenters. The van der Waals surface area contributed by atoms with E-state index in [-0.39, 0.29) is 11.6 Å². The monoisotopic (exact) mass is 399 g/mol. The number of aromatic nitrogens is 3. The Morgan fingerprint density at radius 3 is 2.48 bits per heavy atom. The molecule has 1 amide bonds. The minimum atomic E-state index is 0.0213. The van der Waals surface area contributed by atoms with Gasteiger partial charge in [-0.25, -0.2) is 9.48 Å². The summed E-state index contributed by atoms with van der Waals surface area (Å²) >= 11 is 0. The number of benzene rings is 1. The number of carbonyl (C=O) groups is 1. The lowest BCUT2D eigenvalue weighted by Crippen LogP contribution is -2.50. The summed E-state index contributed by atoms with van der Waals surface area (Å²) in [5.41, 5.74) is 1.02. The maximum Gasteiger partial charge on any atom is 0.345 e. The molecule has 8 heteroatoms. The molecule has 1 aromatic carbocycles. The molecule has 1 aromatic heterocycles. The topological polar surface area (TPSA) is 72.6 Å². The van der Waals surface area contributed by atoms with Gasteiger partial charge in [-0.05, 0) is 30.5 Å². The second-order valence-electron chi connectivity index (χ2n) is 7.78. The summed E-state index contributed by atoms with van der Waals surface area (Å²) in [5, 5.41) is 4.50. The van der Waals surface area contributed by atoms with Crippen LogP contribution < -0.4 is 10.4 Å². The van der Waals surface area contributed by atoms with Crippen LogP contribution in [0.2, 0.25) is 0 Å². The minimum absolute atomic E-state index is 0.0213.